The highest BCUT2D eigenvalue weighted by Gasteiger charge is 2.16. The Morgan fingerprint density at radius 1 is 1.47 bits per heavy atom. The fraction of sp³-hybridized carbons (Fsp3) is 0.800. The Bertz CT molecular complexity index is 282. The normalized spacial score (nSPS) is 22.5. The zero-order chi connectivity index (χ0) is 11.1. The van der Waals surface area contributed by atoms with Gasteiger partial charge in [-0.1, -0.05) is 12.5 Å². The average Bonchev–Trinajstić information content (AvgIpc) is 2.25. The molecule has 1 unspecified atom stereocenters. The van der Waals surface area contributed by atoms with Gasteiger partial charge in [-0.3, -0.25) is 0 Å². The van der Waals surface area contributed by atoms with Crippen LogP contribution in [0.3, 0.4) is 0 Å². The molecule has 0 bridgehead atoms. The lowest BCUT2D eigenvalue weighted by Crippen LogP contribution is -2.37. The lowest BCUT2D eigenvalue weighted by atomic mass is 10.0. The highest BCUT2D eigenvalue weighted by Crippen LogP contribution is 2.10. The molecule has 2 N–H and O–H groups in total. The molecule has 1 saturated heterocycles. The molecule has 0 amide bonds. The largest absolute Gasteiger partial charge is 0.314 e. The maximum Gasteiger partial charge on any atom is 0.211 e. The third-order valence-corrected chi connectivity index (χ3v) is 3.97. The quantitative estimate of drug-likeness (QED) is 0.660. The van der Waals surface area contributed by atoms with Crippen LogP contribution in [0.1, 0.15) is 25.7 Å². The Kier molecular flexibility index (Phi) is 5.28. The van der Waals surface area contributed by atoms with Crippen molar-refractivity contribution in [3.63, 3.8) is 0 Å². The van der Waals surface area contributed by atoms with Crippen molar-refractivity contribution >= 4 is 10.0 Å². The highest BCUT2D eigenvalue weighted by molar-refractivity contribution is 7.89. The van der Waals surface area contributed by atoms with Crippen molar-refractivity contribution in [2.75, 3.05) is 18.8 Å². The zero-order valence-corrected chi connectivity index (χ0v) is 9.85. The molecule has 0 aromatic rings. The molecule has 0 saturated carbocycles. The molecule has 1 rings (SSSR count). The summed E-state index contributed by atoms with van der Waals surface area (Å²) >= 11 is 0. The first-order valence-electron chi connectivity index (χ1n) is 5.45. The van der Waals surface area contributed by atoms with Gasteiger partial charge in [0.15, 0.2) is 0 Å². The molecule has 15 heavy (non-hydrogen) atoms. The highest BCUT2D eigenvalue weighted by atomic mass is 32.2. The van der Waals surface area contributed by atoms with Crippen LogP contribution in [0.25, 0.3) is 0 Å². The van der Waals surface area contributed by atoms with Gasteiger partial charge in [-0.05, 0) is 25.8 Å². The standard InChI is InChI=1S/C10H20N2O2S/c1-2-7-12-15(13,14)9-6-10-5-3-4-8-11-10/h2,10-12H,1,3-9H2. The summed E-state index contributed by atoms with van der Waals surface area (Å²) in [5.41, 5.74) is 0. The molecule has 0 aromatic heterocycles. The maximum absolute atomic E-state index is 11.4. The van der Waals surface area contributed by atoms with E-state index in [1.54, 1.807) is 6.08 Å². The summed E-state index contributed by atoms with van der Waals surface area (Å²) in [6.45, 7) is 4.81. The lowest BCUT2D eigenvalue weighted by molar-refractivity contribution is 0.392. The summed E-state index contributed by atoms with van der Waals surface area (Å²) in [4.78, 5) is 0. The van der Waals surface area contributed by atoms with Gasteiger partial charge in [0.2, 0.25) is 10.0 Å². The van der Waals surface area contributed by atoms with Gasteiger partial charge in [-0.2, -0.15) is 0 Å². The molecule has 1 aliphatic rings. The van der Waals surface area contributed by atoms with E-state index < -0.39 is 10.0 Å². The third kappa shape index (κ3) is 5.30. The van der Waals surface area contributed by atoms with Crippen LogP contribution >= 0.6 is 0 Å². The van der Waals surface area contributed by atoms with E-state index in [0.717, 1.165) is 13.0 Å². The van der Waals surface area contributed by atoms with Gasteiger partial charge < -0.3 is 5.32 Å². The van der Waals surface area contributed by atoms with Gasteiger partial charge in [-0.25, -0.2) is 13.1 Å². The topological polar surface area (TPSA) is 58.2 Å². The van der Waals surface area contributed by atoms with Crippen LogP contribution in [0.15, 0.2) is 12.7 Å². The molecule has 88 valence electrons. The second-order valence-corrected chi connectivity index (χ2v) is 5.82. The summed E-state index contributed by atoms with van der Waals surface area (Å²) in [7, 11) is -3.10. The number of sulfonamides is 1. The van der Waals surface area contributed by atoms with E-state index in [0.29, 0.717) is 19.0 Å². The van der Waals surface area contributed by atoms with E-state index in [9.17, 15) is 8.42 Å². The molecular formula is C10H20N2O2S. The summed E-state index contributed by atoms with van der Waals surface area (Å²) in [5.74, 6) is 0.207. The van der Waals surface area contributed by atoms with Gasteiger partial charge >= 0.3 is 0 Å². The van der Waals surface area contributed by atoms with Crippen LogP contribution < -0.4 is 10.0 Å². The summed E-state index contributed by atoms with van der Waals surface area (Å²) in [6, 6.07) is 0.374. The monoisotopic (exact) mass is 232 g/mol. The average molecular weight is 232 g/mol. The van der Waals surface area contributed by atoms with Crippen LogP contribution in [-0.4, -0.2) is 33.3 Å². The molecule has 0 aliphatic carbocycles. The Hall–Kier alpha value is -0.390. The number of piperidine rings is 1. The van der Waals surface area contributed by atoms with Crippen LogP contribution in [0, 0.1) is 0 Å². The molecule has 0 spiro atoms. The second kappa shape index (κ2) is 6.25. The van der Waals surface area contributed by atoms with Crippen molar-refractivity contribution in [3.05, 3.63) is 12.7 Å². The van der Waals surface area contributed by atoms with Gasteiger partial charge in [0.1, 0.15) is 0 Å². The van der Waals surface area contributed by atoms with Crippen LogP contribution in [0.4, 0.5) is 0 Å². The molecule has 0 aromatic carbocycles. The Morgan fingerprint density at radius 3 is 2.87 bits per heavy atom. The first-order chi connectivity index (χ1) is 7.14. The summed E-state index contributed by atoms with van der Waals surface area (Å²) in [5, 5.41) is 3.34. The predicted molar refractivity (Wildman–Crippen MR) is 62.2 cm³/mol. The fourth-order valence-corrected chi connectivity index (χ4v) is 2.84. The van der Waals surface area contributed by atoms with E-state index in [1.807, 2.05) is 0 Å². The van der Waals surface area contributed by atoms with Crippen molar-refractivity contribution in [2.24, 2.45) is 0 Å². The maximum atomic E-state index is 11.4. The second-order valence-electron chi connectivity index (χ2n) is 3.89. The molecular weight excluding hydrogens is 212 g/mol. The molecule has 1 heterocycles. The van der Waals surface area contributed by atoms with Crippen molar-refractivity contribution in [2.45, 2.75) is 31.7 Å². The van der Waals surface area contributed by atoms with Crippen molar-refractivity contribution in [3.8, 4) is 0 Å². The third-order valence-electron chi connectivity index (χ3n) is 2.60. The Morgan fingerprint density at radius 2 is 2.27 bits per heavy atom. The Labute approximate surface area is 92.2 Å². The first kappa shape index (κ1) is 12.7. The SMILES string of the molecule is C=CCNS(=O)(=O)CCC1CCCCN1. The van der Waals surface area contributed by atoms with E-state index >= 15 is 0 Å². The number of nitrogens with one attached hydrogen (secondary N) is 2. The Balaban J connectivity index is 2.25. The van der Waals surface area contributed by atoms with Crippen molar-refractivity contribution in [1.29, 1.82) is 0 Å². The van der Waals surface area contributed by atoms with Gasteiger partial charge in [0.05, 0.1) is 5.75 Å². The molecule has 1 fully saturated rings. The fourth-order valence-electron chi connectivity index (χ4n) is 1.73. The summed E-state index contributed by atoms with van der Waals surface area (Å²) in [6.07, 6.45) is 5.76. The minimum atomic E-state index is -3.10. The molecule has 4 nitrogen and oxygen atoms in total. The molecule has 5 heteroatoms. The van der Waals surface area contributed by atoms with E-state index in [-0.39, 0.29) is 5.75 Å². The minimum Gasteiger partial charge on any atom is -0.314 e. The first-order valence-corrected chi connectivity index (χ1v) is 7.11. The van der Waals surface area contributed by atoms with Gasteiger partial charge in [0.25, 0.3) is 0 Å². The van der Waals surface area contributed by atoms with Gasteiger partial charge in [-0.15, -0.1) is 6.58 Å². The van der Waals surface area contributed by atoms with Crippen LogP contribution in [0.2, 0.25) is 0 Å². The minimum absolute atomic E-state index is 0.207. The number of hydrogen-bond acceptors (Lipinski definition) is 3. The number of rotatable bonds is 6. The van der Waals surface area contributed by atoms with E-state index in [2.05, 4.69) is 16.6 Å². The smallest absolute Gasteiger partial charge is 0.211 e. The van der Waals surface area contributed by atoms with Crippen LogP contribution in [-0.2, 0) is 10.0 Å². The van der Waals surface area contributed by atoms with Gasteiger partial charge in [0, 0.05) is 12.6 Å². The van der Waals surface area contributed by atoms with E-state index in [4.69, 9.17) is 0 Å². The lowest BCUT2D eigenvalue weighted by Gasteiger charge is -2.23. The summed E-state index contributed by atoms with van der Waals surface area (Å²) < 4.78 is 25.4. The molecule has 0 radical (unpaired) electrons. The number of hydrogen-bond donors (Lipinski definition) is 2. The zero-order valence-electron chi connectivity index (χ0n) is 9.04. The molecule has 1 atom stereocenters. The van der Waals surface area contributed by atoms with E-state index in [1.165, 1.54) is 12.8 Å². The van der Waals surface area contributed by atoms with Crippen molar-refractivity contribution in [1.82, 2.24) is 10.0 Å². The van der Waals surface area contributed by atoms with Crippen LogP contribution in [0.5, 0.6) is 0 Å². The van der Waals surface area contributed by atoms with Crippen molar-refractivity contribution < 1.29 is 8.42 Å². The molecule has 1 aliphatic heterocycles. The predicted octanol–water partition coefficient (Wildman–Crippen LogP) is 0.624.